The molecule has 3 N–H and O–H groups in total. The summed E-state index contributed by atoms with van der Waals surface area (Å²) in [6.45, 7) is 0. The van der Waals surface area contributed by atoms with Crippen molar-refractivity contribution in [1.29, 1.82) is 0 Å². The molecule has 0 aliphatic rings. The second kappa shape index (κ2) is 8.86. The van der Waals surface area contributed by atoms with E-state index in [1.807, 2.05) is 26.0 Å². The second-order valence-electron chi connectivity index (χ2n) is 1.34. The van der Waals surface area contributed by atoms with E-state index in [9.17, 15) is 0 Å². The Hall–Kier alpha value is -0.120. The van der Waals surface area contributed by atoms with Crippen LogP contribution in [0.15, 0.2) is 0 Å². The van der Waals surface area contributed by atoms with Crippen LogP contribution in [0.3, 0.4) is 0 Å². The number of nitrogens with zero attached hydrogens (tertiary/aromatic N) is 1. The van der Waals surface area contributed by atoms with Crippen molar-refractivity contribution in [3.63, 3.8) is 0 Å². The molecule has 0 spiro atoms. The van der Waals surface area contributed by atoms with Crippen LogP contribution in [0.1, 0.15) is 0 Å². The first-order valence-corrected chi connectivity index (χ1v) is 1.60. The summed E-state index contributed by atoms with van der Waals surface area (Å²) in [6, 6.07) is 0. The van der Waals surface area contributed by atoms with Gasteiger partial charge in [0.25, 0.3) is 0 Å². The molecule has 0 atom stereocenters. The summed E-state index contributed by atoms with van der Waals surface area (Å²) in [6.07, 6.45) is 0. The minimum atomic E-state index is 2.00. The van der Waals surface area contributed by atoms with Crippen LogP contribution in [0.2, 0.25) is 0 Å². The standard InChI is InChI=1S/C3H9N.H3NO/c1-4(2)3;1-2/h1-3H3;2H,1H2. The Balaban J connectivity index is 0. The van der Waals surface area contributed by atoms with Crippen LogP contribution in [-0.4, -0.2) is 31.3 Å². The van der Waals surface area contributed by atoms with Crippen LogP contribution >= 0.6 is 0 Å². The fourth-order valence-corrected chi connectivity index (χ4v) is 0. The van der Waals surface area contributed by atoms with Gasteiger partial charge in [0.2, 0.25) is 0 Å². The Morgan fingerprint density at radius 1 is 1.17 bits per heavy atom. The van der Waals surface area contributed by atoms with Gasteiger partial charge in [-0.3, -0.25) is 0 Å². The lowest BCUT2D eigenvalue weighted by Gasteiger charge is -1.90. The minimum absolute atomic E-state index is 2.00. The van der Waals surface area contributed by atoms with Gasteiger partial charge in [-0.05, 0) is 21.1 Å². The second-order valence-corrected chi connectivity index (χ2v) is 1.34. The molecule has 0 fully saturated rings. The average molecular weight is 92.1 g/mol. The van der Waals surface area contributed by atoms with E-state index in [2.05, 4.69) is 5.90 Å². The summed E-state index contributed by atoms with van der Waals surface area (Å²) >= 11 is 0. The van der Waals surface area contributed by atoms with Crippen molar-refractivity contribution < 1.29 is 5.21 Å². The highest BCUT2D eigenvalue weighted by atomic mass is 16.4. The lowest BCUT2D eigenvalue weighted by molar-refractivity contribution is 0.311. The van der Waals surface area contributed by atoms with Crippen molar-refractivity contribution in [2.24, 2.45) is 5.90 Å². The van der Waals surface area contributed by atoms with Gasteiger partial charge in [-0.1, -0.05) is 0 Å². The maximum Gasteiger partial charge on any atom is -0.0140 e. The molecule has 0 aliphatic heterocycles. The number of rotatable bonds is 0. The minimum Gasteiger partial charge on any atom is -0.320 e. The third kappa shape index (κ3) is 2230. The van der Waals surface area contributed by atoms with Gasteiger partial charge in [0.05, 0.1) is 0 Å². The van der Waals surface area contributed by atoms with Gasteiger partial charge >= 0.3 is 0 Å². The molecule has 0 radical (unpaired) electrons. The van der Waals surface area contributed by atoms with Gasteiger partial charge < -0.3 is 10.1 Å². The zero-order chi connectivity index (χ0) is 5.58. The summed E-state index contributed by atoms with van der Waals surface area (Å²) in [5, 5.41) is 6.50. The maximum atomic E-state index is 6.50. The molecule has 0 aromatic carbocycles. The summed E-state index contributed by atoms with van der Waals surface area (Å²) in [7, 11) is 6.00. The van der Waals surface area contributed by atoms with Gasteiger partial charge in [0, 0.05) is 0 Å². The molecule has 0 unspecified atom stereocenters. The Morgan fingerprint density at radius 3 is 1.17 bits per heavy atom. The van der Waals surface area contributed by atoms with Crippen molar-refractivity contribution >= 4 is 0 Å². The summed E-state index contributed by atoms with van der Waals surface area (Å²) in [4.78, 5) is 2.00. The molecule has 0 rings (SSSR count). The van der Waals surface area contributed by atoms with Crippen LogP contribution in [-0.2, 0) is 0 Å². The summed E-state index contributed by atoms with van der Waals surface area (Å²) < 4.78 is 0. The molecule has 0 aromatic rings. The topological polar surface area (TPSA) is 49.5 Å². The molecule has 0 bridgehead atoms. The third-order valence-electron chi connectivity index (χ3n) is 0. The Bertz CT molecular complexity index is 13.5. The van der Waals surface area contributed by atoms with Crippen molar-refractivity contribution in [2.45, 2.75) is 0 Å². The highest BCUT2D eigenvalue weighted by Crippen LogP contribution is 1.47. The molecule has 0 amide bonds. The fourth-order valence-electron chi connectivity index (χ4n) is 0. The van der Waals surface area contributed by atoms with E-state index in [0.29, 0.717) is 0 Å². The van der Waals surface area contributed by atoms with E-state index in [4.69, 9.17) is 5.21 Å². The highest BCUT2D eigenvalue weighted by Gasteiger charge is 1.58. The van der Waals surface area contributed by atoms with Crippen LogP contribution in [0, 0.1) is 0 Å². The Kier molecular flexibility index (Phi) is 13.7. The quantitative estimate of drug-likeness (QED) is 0.396. The zero-order valence-electron chi connectivity index (χ0n) is 4.47. The Labute approximate surface area is 38.3 Å². The molecule has 40 valence electrons. The number of hydrogen-bond acceptors (Lipinski definition) is 3. The molecule has 6 heavy (non-hydrogen) atoms. The first-order valence-electron chi connectivity index (χ1n) is 1.60. The maximum absolute atomic E-state index is 6.50. The molecule has 0 aliphatic carbocycles. The van der Waals surface area contributed by atoms with Crippen LogP contribution in [0.25, 0.3) is 0 Å². The predicted molar refractivity (Wildman–Crippen MR) is 25.6 cm³/mol. The van der Waals surface area contributed by atoms with Crippen molar-refractivity contribution in [1.82, 2.24) is 4.90 Å². The normalized spacial score (nSPS) is 7.00. The zero-order valence-corrected chi connectivity index (χ0v) is 4.47. The van der Waals surface area contributed by atoms with Crippen molar-refractivity contribution in [3.8, 4) is 0 Å². The average Bonchev–Trinajstić information content (AvgIpc) is 1.41. The number of nitrogens with two attached hydrogens (primary N) is 1. The molecule has 0 aromatic heterocycles. The van der Waals surface area contributed by atoms with E-state index in [-0.39, 0.29) is 0 Å². The molecular formula is C3H12N2O. The molecule has 0 heterocycles. The van der Waals surface area contributed by atoms with Gasteiger partial charge in [-0.25, -0.2) is 5.90 Å². The van der Waals surface area contributed by atoms with E-state index < -0.39 is 0 Å². The molecule has 0 saturated heterocycles. The number of hydrogen-bond donors (Lipinski definition) is 2. The van der Waals surface area contributed by atoms with Crippen LogP contribution < -0.4 is 5.90 Å². The van der Waals surface area contributed by atoms with Gasteiger partial charge in [-0.15, -0.1) is 0 Å². The molecular weight excluding hydrogens is 80.0 g/mol. The van der Waals surface area contributed by atoms with Crippen molar-refractivity contribution in [2.75, 3.05) is 21.1 Å². The third-order valence-corrected chi connectivity index (χ3v) is 0. The molecule has 3 heteroatoms. The lowest BCUT2D eigenvalue weighted by atomic mass is 11.0. The first-order chi connectivity index (χ1) is 2.73. The summed E-state index contributed by atoms with van der Waals surface area (Å²) in [5.41, 5.74) is 0. The van der Waals surface area contributed by atoms with E-state index >= 15 is 0 Å². The van der Waals surface area contributed by atoms with Crippen LogP contribution in [0.4, 0.5) is 0 Å². The SMILES string of the molecule is CN(C)C.NO. The van der Waals surface area contributed by atoms with Gasteiger partial charge in [0.1, 0.15) is 0 Å². The summed E-state index contributed by atoms with van der Waals surface area (Å²) in [5.74, 6) is 3.50. The van der Waals surface area contributed by atoms with Crippen molar-refractivity contribution in [3.05, 3.63) is 0 Å². The van der Waals surface area contributed by atoms with E-state index in [0.717, 1.165) is 0 Å². The fraction of sp³-hybridized carbons (Fsp3) is 1.00. The smallest absolute Gasteiger partial charge is 0.0140 e. The largest absolute Gasteiger partial charge is 0.320 e. The Morgan fingerprint density at radius 2 is 1.17 bits per heavy atom. The predicted octanol–water partition coefficient (Wildman–Crippen LogP) is -0.488. The monoisotopic (exact) mass is 92.1 g/mol. The first kappa shape index (κ1) is 9.30. The molecule has 0 saturated carbocycles. The van der Waals surface area contributed by atoms with E-state index in [1.54, 1.807) is 0 Å². The van der Waals surface area contributed by atoms with Gasteiger partial charge in [0.15, 0.2) is 0 Å². The van der Waals surface area contributed by atoms with E-state index in [1.165, 1.54) is 0 Å². The molecule has 3 nitrogen and oxygen atoms in total. The highest BCUT2D eigenvalue weighted by molar-refractivity contribution is 4.09. The van der Waals surface area contributed by atoms with Gasteiger partial charge in [-0.2, -0.15) is 0 Å². The lowest BCUT2D eigenvalue weighted by Crippen LogP contribution is -1.99. The van der Waals surface area contributed by atoms with Crippen LogP contribution in [0.5, 0.6) is 0 Å².